The molecular formula is C17H24N2O3S. The molecule has 23 heavy (non-hydrogen) atoms. The van der Waals surface area contributed by atoms with Crippen molar-refractivity contribution in [3.63, 3.8) is 0 Å². The van der Waals surface area contributed by atoms with Crippen LogP contribution in [0.4, 0.5) is 0 Å². The number of hydrogen-bond acceptors (Lipinski definition) is 5. The van der Waals surface area contributed by atoms with E-state index in [9.17, 15) is 4.79 Å². The van der Waals surface area contributed by atoms with Crippen molar-refractivity contribution in [2.75, 3.05) is 52.5 Å². The topological polar surface area (TPSA) is 42.0 Å². The van der Waals surface area contributed by atoms with Gasteiger partial charge in [0.15, 0.2) is 0 Å². The van der Waals surface area contributed by atoms with E-state index in [0.29, 0.717) is 11.8 Å². The molecule has 1 amide bonds. The molecular weight excluding hydrogens is 312 g/mol. The smallest absolute Gasteiger partial charge is 0.263 e. The number of likely N-dealkylation sites (tertiary alicyclic amines) is 1. The third-order valence-electron chi connectivity index (χ3n) is 5.37. The van der Waals surface area contributed by atoms with E-state index < -0.39 is 0 Å². The lowest BCUT2D eigenvalue weighted by Gasteiger charge is -2.37. The minimum absolute atomic E-state index is 0.190. The molecule has 3 atom stereocenters. The summed E-state index contributed by atoms with van der Waals surface area (Å²) in [7, 11) is 0. The number of amides is 1. The van der Waals surface area contributed by atoms with E-state index in [-0.39, 0.29) is 12.0 Å². The Balaban J connectivity index is 1.39. The van der Waals surface area contributed by atoms with Crippen LogP contribution in [0.25, 0.3) is 0 Å². The maximum Gasteiger partial charge on any atom is 0.263 e. The fourth-order valence-corrected chi connectivity index (χ4v) is 4.69. The first-order valence-electron chi connectivity index (χ1n) is 8.56. The molecule has 4 heterocycles. The Morgan fingerprint density at radius 1 is 1.30 bits per heavy atom. The molecule has 5 nitrogen and oxygen atoms in total. The van der Waals surface area contributed by atoms with Crippen LogP contribution in [0.3, 0.4) is 0 Å². The number of piperidine rings is 1. The standard InChI is InChI=1S/C17H24N2O3S/c20-17(16-2-1-9-23-16)19-4-3-13-12-22-15(14(13)10-19)11-18-5-7-21-8-6-18/h1-2,9,13-15H,3-8,10-12H2/t13-,14-,15+/m0/s1. The van der Waals surface area contributed by atoms with Crippen LogP contribution < -0.4 is 0 Å². The molecule has 0 aliphatic carbocycles. The largest absolute Gasteiger partial charge is 0.379 e. The first-order valence-corrected chi connectivity index (χ1v) is 9.44. The van der Waals surface area contributed by atoms with Crippen LogP contribution in [0.15, 0.2) is 17.5 Å². The highest BCUT2D eigenvalue weighted by molar-refractivity contribution is 7.12. The number of morpholine rings is 1. The molecule has 1 aromatic rings. The number of thiophene rings is 1. The lowest BCUT2D eigenvalue weighted by atomic mass is 9.84. The summed E-state index contributed by atoms with van der Waals surface area (Å²) in [5, 5.41) is 1.97. The third kappa shape index (κ3) is 3.31. The van der Waals surface area contributed by atoms with Crippen LogP contribution in [-0.4, -0.2) is 74.4 Å². The molecule has 3 aliphatic rings. The summed E-state index contributed by atoms with van der Waals surface area (Å²) in [5.74, 6) is 1.29. The van der Waals surface area contributed by atoms with Crippen molar-refractivity contribution in [3.8, 4) is 0 Å². The van der Waals surface area contributed by atoms with Gasteiger partial charge in [0.1, 0.15) is 0 Å². The van der Waals surface area contributed by atoms with Crippen molar-refractivity contribution in [3.05, 3.63) is 22.4 Å². The number of hydrogen-bond donors (Lipinski definition) is 0. The minimum Gasteiger partial charge on any atom is -0.379 e. The Morgan fingerprint density at radius 2 is 2.17 bits per heavy atom. The van der Waals surface area contributed by atoms with E-state index >= 15 is 0 Å². The predicted octanol–water partition coefficient (Wildman–Crippen LogP) is 1.56. The van der Waals surface area contributed by atoms with Gasteiger partial charge in [0.05, 0.1) is 30.8 Å². The maximum atomic E-state index is 12.6. The molecule has 0 spiro atoms. The molecule has 0 bridgehead atoms. The number of nitrogens with zero attached hydrogens (tertiary/aromatic N) is 2. The van der Waals surface area contributed by atoms with Gasteiger partial charge in [-0.2, -0.15) is 0 Å². The highest BCUT2D eigenvalue weighted by atomic mass is 32.1. The fraction of sp³-hybridized carbons (Fsp3) is 0.706. The van der Waals surface area contributed by atoms with Crippen molar-refractivity contribution < 1.29 is 14.3 Å². The van der Waals surface area contributed by atoms with Crippen LogP contribution in [-0.2, 0) is 9.47 Å². The summed E-state index contributed by atoms with van der Waals surface area (Å²) in [5.41, 5.74) is 0. The van der Waals surface area contributed by atoms with E-state index in [0.717, 1.165) is 63.8 Å². The number of ether oxygens (including phenoxy) is 2. The molecule has 126 valence electrons. The zero-order valence-corrected chi connectivity index (χ0v) is 14.2. The Hall–Kier alpha value is -0.950. The zero-order valence-electron chi connectivity index (χ0n) is 13.4. The number of carbonyl (C=O) groups excluding carboxylic acids is 1. The average Bonchev–Trinajstić information content (AvgIpc) is 3.25. The van der Waals surface area contributed by atoms with Crippen LogP contribution in [0.2, 0.25) is 0 Å². The van der Waals surface area contributed by atoms with Gasteiger partial charge in [0, 0.05) is 38.6 Å². The van der Waals surface area contributed by atoms with Gasteiger partial charge in [-0.3, -0.25) is 9.69 Å². The zero-order chi connectivity index (χ0) is 15.6. The first-order chi connectivity index (χ1) is 11.3. The van der Waals surface area contributed by atoms with E-state index in [4.69, 9.17) is 9.47 Å². The van der Waals surface area contributed by atoms with Gasteiger partial charge < -0.3 is 14.4 Å². The molecule has 3 aliphatic heterocycles. The molecule has 6 heteroatoms. The molecule has 0 saturated carbocycles. The molecule has 0 aromatic carbocycles. The van der Waals surface area contributed by atoms with Crippen molar-refractivity contribution in [2.24, 2.45) is 11.8 Å². The van der Waals surface area contributed by atoms with E-state index in [1.54, 1.807) is 0 Å². The number of fused-ring (bicyclic) bond motifs is 1. The average molecular weight is 336 g/mol. The number of rotatable bonds is 3. The summed E-state index contributed by atoms with van der Waals surface area (Å²) in [6.07, 6.45) is 1.33. The second kappa shape index (κ2) is 6.89. The van der Waals surface area contributed by atoms with E-state index in [1.165, 1.54) is 11.3 Å². The highest BCUT2D eigenvalue weighted by Gasteiger charge is 2.42. The molecule has 0 radical (unpaired) electrons. The lowest BCUT2D eigenvalue weighted by molar-refractivity contribution is -0.00400. The third-order valence-corrected chi connectivity index (χ3v) is 6.23. The lowest BCUT2D eigenvalue weighted by Crippen LogP contribution is -2.48. The molecule has 1 aromatic heterocycles. The maximum absolute atomic E-state index is 12.6. The van der Waals surface area contributed by atoms with Crippen molar-refractivity contribution in [2.45, 2.75) is 12.5 Å². The van der Waals surface area contributed by atoms with Crippen molar-refractivity contribution >= 4 is 17.2 Å². The van der Waals surface area contributed by atoms with Gasteiger partial charge in [-0.05, 0) is 23.8 Å². The van der Waals surface area contributed by atoms with Crippen LogP contribution >= 0.6 is 11.3 Å². The fourth-order valence-electron chi connectivity index (χ4n) is 4.00. The predicted molar refractivity (Wildman–Crippen MR) is 88.8 cm³/mol. The van der Waals surface area contributed by atoms with Crippen LogP contribution in [0, 0.1) is 11.8 Å². The quantitative estimate of drug-likeness (QED) is 0.840. The molecule has 0 N–H and O–H groups in total. The Kier molecular flexibility index (Phi) is 4.66. The van der Waals surface area contributed by atoms with E-state index in [1.807, 2.05) is 22.4 Å². The summed E-state index contributed by atoms with van der Waals surface area (Å²) in [4.78, 5) is 17.9. The van der Waals surface area contributed by atoms with Crippen LogP contribution in [0.5, 0.6) is 0 Å². The molecule has 3 saturated heterocycles. The van der Waals surface area contributed by atoms with E-state index in [2.05, 4.69) is 4.90 Å². The Labute approximate surface area is 141 Å². The first kappa shape index (κ1) is 15.6. The van der Waals surface area contributed by atoms with Gasteiger partial charge in [-0.25, -0.2) is 0 Å². The molecule has 4 rings (SSSR count). The summed E-state index contributed by atoms with van der Waals surface area (Å²) in [6, 6.07) is 3.88. The minimum atomic E-state index is 0.190. The Morgan fingerprint density at radius 3 is 2.96 bits per heavy atom. The van der Waals surface area contributed by atoms with Gasteiger partial charge in [0.2, 0.25) is 0 Å². The number of carbonyl (C=O) groups is 1. The van der Waals surface area contributed by atoms with Gasteiger partial charge in [0.25, 0.3) is 5.91 Å². The van der Waals surface area contributed by atoms with Gasteiger partial charge in [-0.1, -0.05) is 6.07 Å². The normalized spacial score (nSPS) is 32.0. The second-order valence-electron chi connectivity index (χ2n) is 6.73. The molecule has 3 fully saturated rings. The van der Waals surface area contributed by atoms with Crippen molar-refractivity contribution in [1.29, 1.82) is 0 Å². The Bertz CT molecular complexity index is 530. The summed E-state index contributed by atoms with van der Waals surface area (Å²) < 4.78 is 11.5. The monoisotopic (exact) mass is 336 g/mol. The van der Waals surface area contributed by atoms with Crippen molar-refractivity contribution in [1.82, 2.24) is 9.80 Å². The summed E-state index contributed by atoms with van der Waals surface area (Å²) >= 11 is 1.53. The van der Waals surface area contributed by atoms with Gasteiger partial charge >= 0.3 is 0 Å². The molecule has 0 unspecified atom stereocenters. The summed E-state index contributed by atoms with van der Waals surface area (Å²) in [6.45, 7) is 7.19. The van der Waals surface area contributed by atoms with Crippen LogP contribution in [0.1, 0.15) is 16.1 Å². The highest BCUT2D eigenvalue weighted by Crippen LogP contribution is 2.35. The second-order valence-corrected chi connectivity index (χ2v) is 7.67. The van der Waals surface area contributed by atoms with Gasteiger partial charge in [-0.15, -0.1) is 11.3 Å². The SMILES string of the molecule is O=C(c1cccs1)N1CC[C@H]2CO[C@H](CN3CCOCC3)[C@H]2C1.